The monoisotopic (exact) mass is 394 g/mol. The second kappa shape index (κ2) is 8.19. The Kier molecular flexibility index (Phi) is 5.64. The molecule has 2 aromatic rings. The van der Waals surface area contributed by atoms with Gasteiger partial charge in [-0.25, -0.2) is 4.39 Å². The third-order valence-corrected chi connectivity index (χ3v) is 6.48. The molecule has 2 atom stereocenters. The molecule has 0 spiro atoms. The van der Waals surface area contributed by atoms with Crippen LogP contribution in [0.1, 0.15) is 48.3 Å². The van der Waals surface area contributed by atoms with Crippen molar-refractivity contribution in [1.29, 1.82) is 0 Å². The normalized spacial score (nSPS) is 23.0. The quantitative estimate of drug-likeness (QED) is 0.672. The maximum Gasteiger partial charge on any atom is 0.151 e. The molecule has 152 valence electrons. The highest BCUT2D eigenvalue weighted by Crippen LogP contribution is 2.40. The molecule has 0 radical (unpaired) electrons. The first-order valence-electron chi connectivity index (χ1n) is 10.5. The molecule has 1 heterocycles. The number of carbonyl (C=O) groups excluding carboxylic acids is 2. The fourth-order valence-electron chi connectivity index (χ4n) is 4.98. The minimum atomic E-state index is -0.637. The van der Waals surface area contributed by atoms with Crippen LogP contribution in [0.2, 0.25) is 0 Å². The van der Waals surface area contributed by atoms with Gasteiger partial charge in [0.15, 0.2) is 5.78 Å². The maximum atomic E-state index is 13.2. The van der Waals surface area contributed by atoms with Gasteiger partial charge in [0.2, 0.25) is 0 Å². The number of carbonyl (C=O) groups is 2. The number of halogens is 1. The highest BCUT2D eigenvalue weighted by atomic mass is 19.1. The van der Waals surface area contributed by atoms with Gasteiger partial charge in [0.25, 0.3) is 0 Å². The Labute approximate surface area is 171 Å². The summed E-state index contributed by atoms with van der Waals surface area (Å²) < 4.78 is 18.7. The number of Topliss-reactive ketones (excluding diaryl/α,β-unsaturated/α-hetero) is 2. The van der Waals surface area contributed by atoms with Gasteiger partial charge in [0.05, 0.1) is 0 Å². The van der Waals surface area contributed by atoms with Crippen molar-refractivity contribution in [1.82, 2.24) is 0 Å². The molecule has 0 aromatic heterocycles. The van der Waals surface area contributed by atoms with E-state index in [1.165, 1.54) is 12.1 Å². The second-order valence-corrected chi connectivity index (χ2v) is 8.52. The van der Waals surface area contributed by atoms with Crippen LogP contribution in [0.25, 0.3) is 11.1 Å². The maximum absolute atomic E-state index is 13.2. The molecule has 3 nitrogen and oxygen atoms in total. The zero-order valence-corrected chi connectivity index (χ0v) is 17.0. The van der Waals surface area contributed by atoms with E-state index in [1.54, 1.807) is 12.1 Å². The molecular formula is C25H27FO3. The van der Waals surface area contributed by atoms with E-state index in [9.17, 15) is 14.0 Å². The minimum absolute atomic E-state index is 0.0489. The van der Waals surface area contributed by atoms with Crippen molar-refractivity contribution in [3.05, 3.63) is 58.9 Å². The number of hydrogen-bond acceptors (Lipinski definition) is 3. The van der Waals surface area contributed by atoms with Crippen LogP contribution in [0.15, 0.2) is 36.4 Å². The molecule has 2 aromatic carbocycles. The van der Waals surface area contributed by atoms with Gasteiger partial charge in [-0.2, -0.15) is 0 Å². The van der Waals surface area contributed by atoms with Crippen LogP contribution in [-0.4, -0.2) is 24.8 Å². The molecule has 0 bridgehead atoms. The lowest BCUT2D eigenvalue weighted by Crippen LogP contribution is -2.22. The topological polar surface area (TPSA) is 43.4 Å². The number of ketones is 2. The predicted molar refractivity (Wildman–Crippen MR) is 110 cm³/mol. The van der Waals surface area contributed by atoms with Crippen LogP contribution in [0.3, 0.4) is 0 Å². The fourth-order valence-corrected chi connectivity index (χ4v) is 4.98. The highest BCUT2D eigenvalue weighted by molar-refractivity contribution is 6.15. The summed E-state index contributed by atoms with van der Waals surface area (Å²) in [6.07, 6.45) is 3.12. The molecule has 2 aliphatic rings. The second-order valence-electron chi connectivity index (χ2n) is 8.52. The number of aryl methyl sites for hydroxylation is 2. The molecule has 1 aliphatic heterocycles. The molecule has 29 heavy (non-hydrogen) atoms. The van der Waals surface area contributed by atoms with Gasteiger partial charge >= 0.3 is 0 Å². The lowest BCUT2D eigenvalue weighted by Gasteiger charge is -2.24. The molecule has 2 unspecified atom stereocenters. The van der Waals surface area contributed by atoms with E-state index in [1.807, 2.05) is 26.0 Å². The van der Waals surface area contributed by atoms with Gasteiger partial charge < -0.3 is 4.74 Å². The minimum Gasteiger partial charge on any atom is -0.381 e. The molecule has 0 amide bonds. The lowest BCUT2D eigenvalue weighted by molar-refractivity contribution is -0.125. The Bertz CT molecular complexity index is 903. The zero-order chi connectivity index (χ0) is 20.5. The van der Waals surface area contributed by atoms with Gasteiger partial charge in [-0.05, 0) is 79.0 Å². The van der Waals surface area contributed by atoms with Crippen LogP contribution in [0.5, 0.6) is 0 Å². The molecular weight excluding hydrogens is 367 g/mol. The molecule has 1 saturated carbocycles. The summed E-state index contributed by atoms with van der Waals surface area (Å²) >= 11 is 0. The van der Waals surface area contributed by atoms with Crippen molar-refractivity contribution in [3.63, 3.8) is 0 Å². The van der Waals surface area contributed by atoms with Crippen LogP contribution >= 0.6 is 0 Å². The fraction of sp³-hybridized carbons (Fsp3) is 0.440. The summed E-state index contributed by atoms with van der Waals surface area (Å²) in [5.41, 5.74) is 4.65. The lowest BCUT2D eigenvalue weighted by atomic mass is 9.83. The highest BCUT2D eigenvalue weighted by Gasteiger charge is 2.43. The van der Waals surface area contributed by atoms with E-state index in [0.29, 0.717) is 12.3 Å². The van der Waals surface area contributed by atoms with Gasteiger partial charge in [-0.1, -0.05) is 24.3 Å². The molecule has 1 saturated heterocycles. The van der Waals surface area contributed by atoms with Gasteiger partial charge in [-0.15, -0.1) is 0 Å². The first-order chi connectivity index (χ1) is 13.9. The molecule has 2 fully saturated rings. The van der Waals surface area contributed by atoms with Crippen molar-refractivity contribution < 1.29 is 18.7 Å². The summed E-state index contributed by atoms with van der Waals surface area (Å²) in [6.45, 7) is 5.43. The van der Waals surface area contributed by atoms with Gasteiger partial charge in [0, 0.05) is 25.6 Å². The van der Waals surface area contributed by atoms with Crippen molar-refractivity contribution in [2.45, 2.75) is 45.4 Å². The Morgan fingerprint density at radius 1 is 0.966 bits per heavy atom. The standard InChI is InChI=1S/C25H27FO3/c1-15-11-19(18-3-5-21(26)6-4-18)12-16(2)23(15)24-22(27)14-20(25(24)28)13-17-7-9-29-10-8-17/h3-6,11-12,17,20,24H,7-10,13-14H2,1-2H3. The predicted octanol–water partition coefficient (Wildman–Crippen LogP) is 5.17. The first-order valence-corrected chi connectivity index (χ1v) is 10.5. The molecule has 0 N–H and O–H groups in total. The number of ether oxygens (including phenoxy) is 1. The SMILES string of the molecule is Cc1cc(-c2ccc(F)cc2)cc(C)c1C1C(=O)CC(CC2CCOCC2)C1=O. The van der Waals surface area contributed by atoms with Crippen LogP contribution in [0, 0.1) is 31.5 Å². The Balaban J connectivity index is 1.59. The third-order valence-electron chi connectivity index (χ3n) is 6.48. The third kappa shape index (κ3) is 4.04. The summed E-state index contributed by atoms with van der Waals surface area (Å²) in [5.74, 6) is -0.452. The number of hydrogen-bond donors (Lipinski definition) is 0. The summed E-state index contributed by atoms with van der Waals surface area (Å²) in [7, 11) is 0. The summed E-state index contributed by atoms with van der Waals surface area (Å²) in [6, 6.07) is 10.4. The Morgan fingerprint density at radius 3 is 2.21 bits per heavy atom. The van der Waals surface area contributed by atoms with E-state index in [2.05, 4.69) is 0 Å². The Morgan fingerprint density at radius 2 is 1.59 bits per heavy atom. The number of benzene rings is 2. The van der Waals surface area contributed by atoms with E-state index >= 15 is 0 Å². The van der Waals surface area contributed by atoms with Crippen molar-refractivity contribution in [2.24, 2.45) is 11.8 Å². The van der Waals surface area contributed by atoms with Gasteiger partial charge in [-0.3, -0.25) is 9.59 Å². The smallest absolute Gasteiger partial charge is 0.151 e. The first kappa shape index (κ1) is 20.0. The number of rotatable bonds is 4. The van der Waals surface area contributed by atoms with Crippen molar-refractivity contribution in [2.75, 3.05) is 13.2 Å². The average molecular weight is 394 g/mol. The zero-order valence-electron chi connectivity index (χ0n) is 17.0. The van der Waals surface area contributed by atoms with E-state index in [4.69, 9.17) is 4.74 Å². The Hall–Kier alpha value is -2.33. The average Bonchev–Trinajstić information content (AvgIpc) is 2.96. The summed E-state index contributed by atoms with van der Waals surface area (Å²) in [4.78, 5) is 26.0. The van der Waals surface area contributed by atoms with Gasteiger partial charge in [0.1, 0.15) is 17.5 Å². The van der Waals surface area contributed by atoms with E-state index in [0.717, 1.165) is 60.3 Å². The van der Waals surface area contributed by atoms with Crippen molar-refractivity contribution in [3.8, 4) is 11.1 Å². The van der Waals surface area contributed by atoms with E-state index < -0.39 is 5.92 Å². The van der Waals surface area contributed by atoms with E-state index in [-0.39, 0.29) is 23.3 Å². The largest absolute Gasteiger partial charge is 0.381 e. The summed E-state index contributed by atoms with van der Waals surface area (Å²) in [5, 5.41) is 0. The van der Waals surface area contributed by atoms with Crippen LogP contribution in [0.4, 0.5) is 4.39 Å². The van der Waals surface area contributed by atoms with Crippen LogP contribution in [-0.2, 0) is 14.3 Å². The molecule has 4 heteroatoms. The van der Waals surface area contributed by atoms with Crippen LogP contribution < -0.4 is 0 Å². The van der Waals surface area contributed by atoms with Crippen molar-refractivity contribution >= 4 is 11.6 Å². The molecule has 4 rings (SSSR count). The molecule has 1 aliphatic carbocycles.